The Bertz CT molecular complexity index is 138. The molecule has 0 saturated carbocycles. The molecule has 0 aliphatic heterocycles. The molecule has 3 nitrogen and oxygen atoms in total. The van der Waals surface area contributed by atoms with Crippen molar-refractivity contribution >= 4 is 5.97 Å². The Hall–Kier alpha value is -0.570. The Labute approximate surface area is 67.8 Å². The first kappa shape index (κ1) is 10.4. The van der Waals surface area contributed by atoms with Gasteiger partial charge in [-0.3, -0.25) is 4.79 Å². The normalized spacial score (nSPS) is 14.5. The molecule has 0 saturated heterocycles. The lowest BCUT2D eigenvalue weighted by Gasteiger charge is -2.27. The highest BCUT2D eigenvalue weighted by molar-refractivity contribution is 5.74. The van der Waals surface area contributed by atoms with Crippen molar-refractivity contribution in [2.75, 3.05) is 6.54 Å². The third kappa shape index (κ3) is 3.37. The van der Waals surface area contributed by atoms with Crippen LogP contribution in [0.25, 0.3) is 0 Å². The number of aliphatic carboxylic acids is 1. The first-order chi connectivity index (χ1) is 4.89. The van der Waals surface area contributed by atoms with E-state index in [2.05, 4.69) is 5.32 Å². The first-order valence-electron chi connectivity index (χ1n) is 3.85. The van der Waals surface area contributed by atoms with Crippen LogP contribution in [0.4, 0.5) is 0 Å². The Morgan fingerprint density at radius 1 is 1.55 bits per heavy atom. The van der Waals surface area contributed by atoms with Crippen LogP contribution >= 0.6 is 0 Å². The smallest absolute Gasteiger partial charge is 0.321 e. The van der Waals surface area contributed by atoms with Crippen LogP contribution in [0, 0.1) is 5.41 Å². The minimum absolute atomic E-state index is 0.220. The van der Waals surface area contributed by atoms with Crippen molar-refractivity contribution in [1.82, 2.24) is 5.32 Å². The molecule has 0 heterocycles. The van der Waals surface area contributed by atoms with Gasteiger partial charge in [-0.05, 0) is 12.0 Å². The summed E-state index contributed by atoms with van der Waals surface area (Å²) in [6.07, 6.45) is 0. The van der Waals surface area contributed by atoms with Crippen LogP contribution in [0.5, 0.6) is 0 Å². The van der Waals surface area contributed by atoms with Gasteiger partial charge in [-0.2, -0.15) is 0 Å². The fourth-order valence-electron chi connectivity index (χ4n) is 0.968. The largest absolute Gasteiger partial charge is 0.480 e. The molecule has 66 valence electrons. The Morgan fingerprint density at radius 3 is 2.09 bits per heavy atom. The van der Waals surface area contributed by atoms with Crippen LogP contribution < -0.4 is 5.32 Å². The van der Waals surface area contributed by atoms with Gasteiger partial charge in [0.2, 0.25) is 0 Å². The Balaban J connectivity index is 4.22. The van der Waals surface area contributed by atoms with E-state index in [9.17, 15) is 4.79 Å². The fraction of sp³-hybridized carbons (Fsp3) is 0.875. The number of carboxylic acid groups (broad SMARTS) is 1. The number of rotatable bonds is 3. The van der Waals surface area contributed by atoms with Gasteiger partial charge < -0.3 is 10.4 Å². The van der Waals surface area contributed by atoms with E-state index >= 15 is 0 Å². The van der Waals surface area contributed by atoms with Gasteiger partial charge in [0, 0.05) is 0 Å². The molecular weight excluding hydrogens is 142 g/mol. The summed E-state index contributed by atoms with van der Waals surface area (Å²) in [5, 5.41) is 11.7. The van der Waals surface area contributed by atoms with Gasteiger partial charge in [0.05, 0.1) is 0 Å². The predicted octanol–water partition coefficient (Wildman–Crippen LogP) is 1.10. The van der Waals surface area contributed by atoms with Crippen LogP contribution in [-0.2, 0) is 4.79 Å². The van der Waals surface area contributed by atoms with Gasteiger partial charge in [0.1, 0.15) is 6.04 Å². The van der Waals surface area contributed by atoms with Crippen molar-refractivity contribution in [3.05, 3.63) is 0 Å². The van der Waals surface area contributed by atoms with Gasteiger partial charge in [0.25, 0.3) is 0 Å². The summed E-state index contributed by atoms with van der Waals surface area (Å²) in [7, 11) is 0. The molecular formula is C8H17NO2. The van der Waals surface area contributed by atoms with Gasteiger partial charge in [-0.25, -0.2) is 0 Å². The minimum Gasteiger partial charge on any atom is -0.480 e. The monoisotopic (exact) mass is 159 g/mol. The quantitative estimate of drug-likeness (QED) is 0.648. The number of nitrogens with one attached hydrogen (secondary N) is 1. The lowest BCUT2D eigenvalue weighted by atomic mass is 9.87. The molecule has 0 spiro atoms. The minimum atomic E-state index is -0.778. The highest BCUT2D eigenvalue weighted by Gasteiger charge is 2.29. The zero-order valence-electron chi connectivity index (χ0n) is 7.64. The molecule has 2 N–H and O–H groups in total. The van der Waals surface area contributed by atoms with Gasteiger partial charge in [-0.1, -0.05) is 27.7 Å². The van der Waals surface area contributed by atoms with E-state index in [4.69, 9.17) is 5.11 Å². The lowest BCUT2D eigenvalue weighted by molar-refractivity contribution is -0.142. The van der Waals surface area contributed by atoms with Crippen LogP contribution in [-0.4, -0.2) is 23.7 Å². The van der Waals surface area contributed by atoms with Crippen LogP contribution in [0.1, 0.15) is 27.7 Å². The van der Waals surface area contributed by atoms with E-state index in [1.165, 1.54) is 0 Å². The van der Waals surface area contributed by atoms with Crippen molar-refractivity contribution < 1.29 is 9.90 Å². The average molecular weight is 159 g/mol. The molecule has 0 aromatic rings. The fourth-order valence-corrected chi connectivity index (χ4v) is 0.968. The van der Waals surface area contributed by atoms with Crippen molar-refractivity contribution in [3.63, 3.8) is 0 Å². The second-order valence-electron chi connectivity index (χ2n) is 3.69. The summed E-state index contributed by atoms with van der Waals surface area (Å²) in [4.78, 5) is 10.7. The first-order valence-corrected chi connectivity index (χ1v) is 3.85. The third-order valence-electron chi connectivity index (χ3n) is 1.52. The maximum atomic E-state index is 10.7. The summed E-state index contributed by atoms with van der Waals surface area (Å²) >= 11 is 0. The molecule has 0 amide bonds. The van der Waals surface area contributed by atoms with E-state index in [1.54, 1.807) is 0 Å². The van der Waals surface area contributed by atoms with Crippen molar-refractivity contribution in [2.45, 2.75) is 33.7 Å². The van der Waals surface area contributed by atoms with E-state index < -0.39 is 12.0 Å². The maximum absolute atomic E-state index is 10.7. The average Bonchev–Trinajstić information content (AvgIpc) is 1.79. The molecule has 11 heavy (non-hydrogen) atoms. The maximum Gasteiger partial charge on any atom is 0.321 e. The Kier molecular flexibility index (Phi) is 3.52. The van der Waals surface area contributed by atoms with Crippen LogP contribution in [0.2, 0.25) is 0 Å². The molecule has 0 unspecified atom stereocenters. The molecule has 0 rings (SSSR count). The zero-order valence-corrected chi connectivity index (χ0v) is 7.64. The van der Waals surface area contributed by atoms with E-state index in [-0.39, 0.29) is 5.41 Å². The summed E-state index contributed by atoms with van der Waals surface area (Å²) in [6, 6.07) is -0.451. The highest BCUT2D eigenvalue weighted by atomic mass is 16.4. The second kappa shape index (κ2) is 3.72. The second-order valence-corrected chi connectivity index (χ2v) is 3.69. The van der Waals surface area contributed by atoms with Gasteiger partial charge in [-0.15, -0.1) is 0 Å². The van der Waals surface area contributed by atoms with Crippen LogP contribution in [0.15, 0.2) is 0 Å². The number of carboxylic acids is 1. The molecule has 0 bridgehead atoms. The molecule has 0 aromatic carbocycles. The van der Waals surface area contributed by atoms with E-state index in [0.717, 1.165) is 0 Å². The molecule has 0 aliphatic rings. The number of hydrogen-bond donors (Lipinski definition) is 2. The SMILES string of the molecule is CCN[C@H](C(=O)O)C(C)(C)C. The summed E-state index contributed by atoms with van der Waals surface area (Å²) < 4.78 is 0. The Morgan fingerprint density at radius 2 is 2.00 bits per heavy atom. The van der Waals surface area contributed by atoms with E-state index in [0.29, 0.717) is 6.54 Å². The lowest BCUT2D eigenvalue weighted by Crippen LogP contribution is -2.46. The van der Waals surface area contributed by atoms with Crippen molar-refractivity contribution in [2.24, 2.45) is 5.41 Å². The third-order valence-corrected chi connectivity index (χ3v) is 1.52. The number of likely N-dealkylation sites (N-methyl/N-ethyl adjacent to an activating group) is 1. The topological polar surface area (TPSA) is 49.3 Å². The number of carbonyl (C=O) groups is 1. The van der Waals surface area contributed by atoms with Crippen LogP contribution in [0.3, 0.4) is 0 Å². The molecule has 0 aromatic heterocycles. The number of hydrogen-bond acceptors (Lipinski definition) is 2. The molecule has 0 aliphatic carbocycles. The highest BCUT2D eigenvalue weighted by Crippen LogP contribution is 2.18. The molecule has 1 atom stereocenters. The molecule has 3 heteroatoms. The summed E-state index contributed by atoms with van der Waals surface area (Å²) in [5.41, 5.74) is -0.220. The zero-order chi connectivity index (χ0) is 9.07. The van der Waals surface area contributed by atoms with Gasteiger partial charge in [0.15, 0.2) is 0 Å². The molecule has 0 fully saturated rings. The molecule has 0 radical (unpaired) electrons. The summed E-state index contributed by atoms with van der Waals surface area (Å²) in [6.45, 7) is 8.33. The van der Waals surface area contributed by atoms with Gasteiger partial charge >= 0.3 is 5.97 Å². The predicted molar refractivity (Wildman–Crippen MR) is 44.6 cm³/mol. The standard InChI is InChI=1S/C8H17NO2/c1-5-9-6(7(10)11)8(2,3)4/h6,9H,5H2,1-4H3,(H,10,11)/t6-/m1/s1. The summed E-state index contributed by atoms with van der Waals surface area (Å²) in [5.74, 6) is -0.778. The van der Waals surface area contributed by atoms with Crippen molar-refractivity contribution in [3.8, 4) is 0 Å². The van der Waals surface area contributed by atoms with E-state index in [1.807, 2.05) is 27.7 Å². The van der Waals surface area contributed by atoms with Crippen molar-refractivity contribution in [1.29, 1.82) is 0 Å².